The summed E-state index contributed by atoms with van der Waals surface area (Å²) < 4.78 is 4.05. The summed E-state index contributed by atoms with van der Waals surface area (Å²) in [6, 6.07) is 0. The van der Waals surface area contributed by atoms with E-state index in [1.54, 1.807) is 0 Å². The molecule has 6 heteroatoms. The minimum atomic E-state index is -0.469. The summed E-state index contributed by atoms with van der Waals surface area (Å²) in [5.74, 6) is 1.36. The van der Waals surface area contributed by atoms with Gasteiger partial charge in [0.1, 0.15) is 10.6 Å². The molecule has 2 heterocycles. The van der Waals surface area contributed by atoms with E-state index in [-0.39, 0.29) is 5.82 Å². The zero-order chi connectivity index (χ0) is 12.0. The summed E-state index contributed by atoms with van der Waals surface area (Å²) in [6.07, 6.45) is 3.96. The third-order valence-electron chi connectivity index (χ3n) is 3.96. The van der Waals surface area contributed by atoms with Gasteiger partial charge in [-0.3, -0.25) is 4.79 Å². The minimum absolute atomic E-state index is 0.273. The monoisotopic (exact) mass is 252 g/mol. The van der Waals surface area contributed by atoms with E-state index < -0.39 is 5.91 Å². The second kappa shape index (κ2) is 3.87. The molecule has 17 heavy (non-hydrogen) atoms. The van der Waals surface area contributed by atoms with Gasteiger partial charge in [-0.15, -0.1) is 0 Å². The van der Waals surface area contributed by atoms with Crippen molar-refractivity contribution in [1.82, 2.24) is 4.37 Å². The number of primary amides is 1. The van der Waals surface area contributed by atoms with Crippen LogP contribution in [0.25, 0.3) is 0 Å². The van der Waals surface area contributed by atoms with Crippen LogP contribution >= 0.6 is 11.5 Å². The zero-order valence-electron chi connectivity index (χ0n) is 9.56. The number of aromatic nitrogens is 1. The van der Waals surface area contributed by atoms with Gasteiger partial charge in [-0.05, 0) is 36.2 Å². The Balaban J connectivity index is 1.88. The molecule has 3 rings (SSSR count). The molecule has 2 atom stereocenters. The number of nitrogens with two attached hydrogens (primary N) is 2. The molecule has 0 aromatic carbocycles. The van der Waals surface area contributed by atoms with Crippen molar-refractivity contribution in [3.8, 4) is 0 Å². The lowest BCUT2D eigenvalue weighted by molar-refractivity contribution is 0.100. The van der Waals surface area contributed by atoms with E-state index >= 15 is 0 Å². The molecule has 4 N–H and O–H groups in total. The predicted octanol–water partition coefficient (Wildman–Crippen LogP) is 1.06. The number of rotatable bonds is 2. The normalized spacial score (nSPS) is 27.4. The van der Waals surface area contributed by atoms with Gasteiger partial charge < -0.3 is 16.4 Å². The molecule has 1 saturated heterocycles. The van der Waals surface area contributed by atoms with Crippen LogP contribution < -0.4 is 16.4 Å². The Morgan fingerprint density at radius 3 is 2.59 bits per heavy atom. The predicted molar refractivity (Wildman–Crippen MR) is 68.1 cm³/mol. The number of amides is 1. The summed E-state index contributed by atoms with van der Waals surface area (Å²) >= 11 is 1.29. The number of nitrogens with zero attached hydrogens (tertiary/aromatic N) is 2. The van der Waals surface area contributed by atoms with Gasteiger partial charge in [0.25, 0.3) is 5.91 Å². The highest BCUT2D eigenvalue weighted by molar-refractivity contribution is 7.11. The highest BCUT2D eigenvalue weighted by atomic mass is 32.1. The third kappa shape index (κ3) is 1.67. The quantitative estimate of drug-likeness (QED) is 0.824. The molecule has 0 spiro atoms. The fraction of sp³-hybridized carbons (Fsp3) is 0.636. The second-order valence-electron chi connectivity index (χ2n) is 4.97. The summed E-state index contributed by atoms with van der Waals surface area (Å²) in [5.41, 5.74) is 11.5. The number of carbonyl (C=O) groups is 1. The van der Waals surface area contributed by atoms with Crippen molar-refractivity contribution >= 4 is 28.3 Å². The van der Waals surface area contributed by atoms with Gasteiger partial charge in [-0.2, -0.15) is 4.37 Å². The lowest BCUT2D eigenvalue weighted by atomic mass is 10.0. The van der Waals surface area contributed by atoms with Crippen molar-refractivity contribution in [3.05, 3.63) is 5.56 Å². The van der Waals surface area contributed by atoms with Gasteiger partial charge in [-0.1, -0.05) is 6.42 Å². The first-order valence-corrected chi connectivity index (χ1v) is 6.74. The van der Waals surface area contributed by atoms with Gasteiger partial charge in [-0.25, -0.2) is 0 Å². The molecule has 0 bridgehead atoms. The molecule has 1 aliphatic heterocycles. The number of hydrogen-bond acceptors (Lipinski definition) is 5. The fourth-order valence-corrected chi connectivity index (χ4v) is 3.98. The molecule has 2 unspecified atom stereocenters. The van der Waals surface area contributed by atoms with Gasteiger partial charge in [0.15, 0.2) is 5.82 Å². The van der Waals surface area contributed by atoms with Gasteiger partial charge in [0.2, 0.25) is 0 Å². The van der Waals surface area contributed by atoms with Crippen LogP contribution in [0.1, 0.15) is 29.6 Å². The maximum Gasteiger partial charge on any atom is 0.255 e. The first-order valence-electron chi connectivity index (χ1n) is 5.96. The molecular formula is C11H16N4OS. The Bertz CT molecular complexity index is 446. The van der Waals surface area contributed by atoms with E-state index in [0.29, 0.717) is 5.56 Å². The summed E-state index contributed by atoms with van der Waals surface area (Å²) in [6.45, 7) is 2.04. The van der Waals surface area contributed by atoms with Crippen molar-refractivity contribution in [1.29, 1.82) is 0 Å². The smallest absolute Gasteiger partial charge is 0.255 e. The number of carbonyl (C=O) groups excluding carboxylic acids is 1. The zero-order valence-corrected chi connectivity index (χ0v) is 10.4. The van der Waals surface area contributed by atoms with Crippen LogP contribution in [0.4, 0.5) is 10.8 Å². The molecule has 1 aliphatic carbocycles. The van der Waals surface area contributed by atoms with Crippen LogP contribution in [0.5, 0.6) is 0 Å². The van der Waals surface area contributed by atoms with Crippen molar-refractivity contribution < 1.29 is 4.79 Å². The lowest BCUT2D eigenvalue weighted by Gasteiger charge is -2.17. The molecule has 1 amide bonds. The second-order valence-corrected chi connectivity index (χ2v) is 5.72. The molecule has 0 radical (unpaired) electrons. The summed E-state index contributed by atoms with van der Waals surface area (Å²) in [4.78, 5) is 13.6. The molecular weight excluding hydrogens is 236 g/mol. The number of fused-ring (bicyclic) bond motifs is 1. The largest absolute Gasteiger partial charge is 0.382 e. The molecule has 92 valence electrons. The Hall–Kier alpha value is -1.30. The third-order valence-corrected chi connectivity index (χ3v) is 4.88. The Morgan fingerprint density at radius 2 is 2.00 bits per heavy atom. The lowest BCUT2D eigenvalue weighted by Crippen LogP contribution is -2.23. The molecule has 2 aliphatic rings. The van der Waals surface area contributed by atoms with Crippen LogP contribution in [0, 0.1) is 11.8 Å². The average Bonchev–Trinajstić information content (AvgIpc) is 2.88. The number of hydrogen-bond donors (Lipinski definition) is 2. The fourth-order valence-electron chi connectivity index (χ4n) is 3.14. The highest BCUT2D eigenvalue weighted by Crippen LogP contribution is 2.42. The van der Waals surface area contributed by atoms with Crippen molar-refractivity contribution in [3.63, 3.8) is 0 Å². The van der Waals surface area contributed by atoms with Gasteiger partial charge >= 0.3 is 0 Å². The van der Waals surface area contributed by atoms with Gasteiger partial charge in [0.05, 0.1) is 0 Å². The number of anilines is 2. The molecule has 1 saturated carbocycles. The molecule has 2 fully saturated rings. The summed E-state index contributed by atoms with van der Waals surface area (Å²) in [5, 5.41) is 0.865. The standard InChI is InChI=1S/C11H16N4OS/c12-9-8(10(13)16)11(17-14-9)15-4-6-2-1-3-7(6)5-15/h6-7H,1-5H2,(H2,12,14)(H2,13,16). The molecule has 5 nitrogen and oxygen atoms in total. The molecule has 1 aromatic heterocycles. The van der Waals surface area contributed by atoms with E-state index in [1.807, 2.05) is 0 Å². The highest BCUT2D eigenvalue weighted by Gasteiger charge is 2.38. The maximum atomic E-state index is 11.4. The van der Waals surface area contributed by atoms with Crippen LogP contribution in [-0.4, -0.2) is 23.4 Å². The average molecular weight is 252 g/mol. The Kier molecular flexibility index (Phi) is 2.47. The molecule has 1 aromatic rings. The minimum Gasteiger partial charge on any atom is -0.382 e. The topological polar surface area (TPSA) is 85.2 Å². The van der Waals surface area contributed by atoms with Crippen LogP contribution in [-0.2, 0) is 0 Å². The van der Waals surface area contributed by atoms with E-state index in [4.69, 9.17) is 11.5 Å². The van der Waals surface area contributed by atoms with Crippen molar-refractivity contribution in [2.24, 2.45) is 17.6 Å². The first-order chi connectivity index (χ1) is 8.16. The van der Waals surface area contributed by atoms with E-state index in [1.165, 1.54) is 30.8 Å². The Morgan fingerprint density at radius 1 is 1.35 bits per heavy atom. The van der Waals surface area contributed by atoms with E-state index in [2.05, 4.69) is 9.27 Å². The maximum absolute atomic E-state index is 11.4. The van der Waals surface area contributed by atoms with Gasteiger partial charge in [0, 0.05) is 13.1 Å². The SMILES string of the molecule is NC(=O)c1c(N)nsc1N1CC2CCCC2C1. The first kappa shape index (κ1) is 10.8. The van der Waals surface area contributed by atoms with E-state index in [9.17, 15) is 4.79 Å². The van der Waals surface area contributed by atoms with Crippen LogP contribution in [0.3, 0.4) is 0 Å². The summed E-state index contributed by atoms with van der Waals surface area (Å²) in [7, 11) is 0. The van der Waals surface area contributed by atoms with Crippen LogP contribution in [0.2, 0.25) is 0 Å². The Labute approximate surface area is 104 Å². The van der Waals surface area contributed by atoms with Crippen molar-refractivity contribution in [2.45, 2.75) is 19.3 Å². The van der Waals surface area contributed by atoms with Crippen molar-refractivity contribution in [2.75, 3.05) is 23.7 Å². The van der Waals surface area contributed by atoms with E-state index in [0.717, 1.165) is 29.9 Å². The van der Waals surface area contributed by atoms with Crippen LogP contribution in [0.15, 0.2) is 0 Å². The number of nitrogen functional groups attached to an aromatic ring is 1.